The number of nitrogens with zero attached hydrogens (tertiary/aromatic N) is 1. The largest absolute Gasteiger partial charge is 0.442 e. The van der Waals surface area contributed by atoms with E-state index in [2.05, 4.69) is 5.32 Å². The molecular weight excluding hydrogens is 330 g/mol. The third kappa shape index (κ3) is 4.32. The lowest BCUT2D eigenvalue weighted by molar-refractivity contribution is -0.120. The first-order valence-corrected chi connectivity index (χ1v) is 7.76. The van der Waals surface area contributed by atoms with Crippen molar-refractivity contribution in [1.82, 2.24) is 5.32 Å². The number of rotatable bonds is 5. The second kappa shape index (κ2) is 7.29. The highest BCUT2D eigenvalue weighted by atomic mass is 19.1. The first-order chi connectivity index (χ1) is 12.0. The van der Waals surface area contributed by atoms with Crippen LogP contribution in [-0.2, 0) is 16.0 Å². The Morgan fingerprint density at radius 1 is 1.08 bits per heavy atom. The third-order valence-corrected chi connectivity index (χ3v) is 3.82. The van der Waals surface area contributed by atoms with Crippen molar-refractivity contribution in [2.45, 2.75) is 12.5 Å². The van der Waals surface area contributed by atoms with Gasteiger partial charge in [-0.2, -0.15) is 0 Å². The molecule has 2 aromatic rings. The van der Waals surface area contributed by atoms with Gasteiger partial charge in [0.1, 0.15) is 17.7 Å². The number of halogens is 2. The number of amides is 2. The SMILES string of the molecule is O=C(Cc1ccc(F)cc1)NC[C@@H]1CN(c2ccc(F)cc2)C(=O)O1. The molecule has 5 nitrogen and oxygen atoms in total. The van der Waals surface area contributed by atoms with Crippen LogP contribution in [0.4, 0.5) is 19.3 Å². The number of benzene rings is 2. The fraction of sp³-hybridized carbons (Fsp3) is 0.222. The van der Waals surface area contributed by atoms with Crippen LogP contribution >= 0.6 is 0 Å². The maximum Gasteiger partial charge on any atom is 0.414 e. The molecule has 2 aromatic carbocycles. The number of cyclic esters (lactones) is 1. The van der Waals surface area contributed by atoms with E-state index in [4.69, 9.17) is 4.74 Å². The molecule has 0 spiro atoms. The Labute approximate surface area is 143 Å². The maximum absolute atomic E-state index is 13.0. The number of ether oxygens (including phenoxy) is 1. The molecule has 1 atom stereocenters. The fourth-order valence-corrected chi connectivity index (χ4v) is 2.54. The standard InChI is InChI=1S/C18H16F2N2O3/c19-13-3-1-12(2-4-13)9-17(23)21-10-16-11-22(18(24)25-16)15-7-5-14(20)6-8-15/h1-8,16H,9-11H2,(H,21,23)/t16-/m1/s1. The van der Waals surface area contributed by atoms with E-state index < -0.39 is 12.2 Å². The zero-order valence-corrected chi connectivity index (χ0v) is 13.2. The topological polar surface area (TPSA) is 58.6 Å². The lowest BCUT2D eigenvalue weighted by Crippen LogP contribution is -2.35. The molecule has 1 aliphatic heterocycles. The van der Waals surface area contributed by atoms with Gasteiger partial charge in [0, 0.05) is 5.69 Å². The maximum atomic E-state index is 13.0. The molecule has 1 saturated heterocycles. The summed E-state index contributed by atoms with van der Waals surface area (Å²) < 4.78 is 31.0. The molecule has 3 rings (SSSR count). The Bertz CT molecular complexity index is 763. The van der Waals surface area contributed by atoms with Gasteiger partial charge in [0.05, 0.1) is 19.5 Å². The van der Waals surface area contributed by atoms with Gasteiger partial charge >= 0.3 is 6.09 Å². The molecule has 0 bridgehead atoms. The summed E-state index contributed by atoms with van der Waals surface area (Å²) >= 11 is 0. The van der Waals surface area contributed by atoms with E-state index in [-0.39, 0.29) is 37.1 Å². The summed E-state index contributed by atoms with van der Waals surface area (Å²) in [6, 6.07) is 11.2. The average Bonchev–Trinajstić information content (AvgIpc) is 2.97. The Morgan fingerprint density at radius 3 is 2.32 bits per heavy atom. The minimum atomic E-state index is -0.538. The lowest BCUT2D eigenvalue weighted by Gasteiger charge is -2.13. The molecular formula is C18H16F2N2O3. The summed E-state index contributed by atoms with van der Waals surface area (Å²) in [5, 5.41) is 2.69. The summed E-state index contributed by atoms with van der Waals surface area (Å²) in [6.07, 6.45) is -0.915. The van der Waals surface area contributed by atoms with Gasteiger partial charge in [-0.1, -0.05) is 12.1 Å². The minimum Gasteiger partial charge on any atom is -0.442 e. The molecule has 2 amide bonds. The smallest absolute Gasteiger partial charge is 0.414 e. The molecule has 25 heavy (non-hydrogen) atoms. The molecule has 0 unspecified atom stereocenters. The van der Waals surface area contributed by atoms with Crippen molar-refractivity contribution in [1.29, 1.82) is 0 Å². The molecule has 1 heterocycles. The van der Waals surface area contributed by atoms with E-state index in [0.29, 0.717) is 11.3 Å². The first kappa shape index (κ1) is 16.9. The van der Waals surface area contributed by atoms with Crippen LogP contribution in [0, 0.1) is 11.6 Å². The zero-order chi connectivity index (χ0) is 17.8. The van der Waals surface area contributed by atoms with Crippen molar-refractivity contribution in [3.05, 3.63) is 65.7 Å². The predicted octanol–water partition coefficient (Wildman–Crippen LogP) is 2.65. The van der Waals surface area contributed by atoms with Crippen molar-refractivity contribution in [2.75, 3.05) is 18.0 Å². The van der Waals surface area contributed by atoms with E-state index in [1.165, 1.54) is 41.3 Å². The van der Waals surface area contributed by atoms with Crippen LogP contribution in [0.2, 0.25) is 0 Å². The van der Waals surface area contributed by atoms with Crippen LogP contribution in [-0.4, -0.2) is 31.2 Å². The molecule has 1 aliphatic rings. The molecule has 0 aliphatic carbocycles. The number of anilines is 1. The lowest BCUT2D eigenvalue weighted by atomic mass is 10.1. The first-order valence-electron chi connectivity index (χ1n) is 7.76. The van der Waals surface area contributed by atoms with Gasteiger partial charge in [-0.15, -0.1) is 0 Å². The second-order valence-electron chi connectivity index (χ2n) is 5.70. The molecule has 130 valence electrons. The monoisotopic (exact) mass is 346 g/mol. The van der Waals surface area contributed by atoms with Crippen LogP contribution in [0.15, 0.2) is 48.5 Å². The number of carbonyl (C=O) groups excluding carboxylic acids is 2. The van der Waals surface area contributed by atoms with Crippen LogP contribution in [0.1, 0.15) is 5.56 Å². The Morgan fingerprint density at radius 2 is 1.68 bits per heavy atom. The molecule has 1 fully saturated rings. The van der Waals surface area contributed by atoms with Crippen molar-refractivity contribution in [3.8, 4) is 0 Å². The number of hydrogen-bond acceptors (Lipinski definition) is 3. The quantitative estimate of drug-likeness (QED) is 0.905. The Hall–Kier alpha value is -2.96. The fourth-order valence-electron chi connectivity index (χ4n) is 2.54. The Balaban J connectivity index is 1.50. The average molecular weight is 346 g/mol. The minimum absolute atomic E-state index is 0.114. The molecule has 0 radical (unpaired) electrons. The molecule has 1 N–H and O–H groups in total. The summed E-state index contributed by atoms with van der Waals surface area (Å²) in [7, 11) is 0. The van der Waals surface area contributed by atoms with Gasteiger partial charge in [0.15, 0.2) is 0 Å². The molecule has 0 saturated carbocycles. The number of nitrogens with one attached hydrogen (secondary N) is 1. The normalized spacial score (nSPS) is 16.6. The van der Waals surface area contributed by atoms with E-state index in [1.54, 1.807) is 12.1 Å². The van der Waals surface area contributed by atoms with Crippen LogP contribution in [0.3, 0.4) is 0 Å². The van der Waals surface area contributed by atoms with Crippen LogP contribution < -0.4 is 10.2 Å². The summed E-state index contributed by atoms with van der Waals surface area (Å²) in [5.74, 6) is -0.994. The van der Waals surface area contributed by atoms with Gasteiger partial charge in [-0.3, -0.25) is 9.69 Å². The number of hydrogen-bond donors (Lipinski definition) is 1. The van der Waals surface area contributed by atoms with E-state index >= 15 is 0 Å². The van der Waals surface area contributed by atoms with Crippen LogP contribution in [0.25, 0.3) is 0 Å². The van der Waals surface area contributed by atoms with E-state index in [1.807, 2.05) is 0 Å². The highest BCUT2D eigenvalue weighted by Gasteiger charge is 2.32. The van der Waals surface area contributed by atoms with Gasteiger partial charge in [-0.25, -0.2) is 13.6 Å². The zero-order valence-electron chi connectivity index (χ0n) is 13.2. The van der Waals surface area contributed by atoms with E-state index in [0.717, 1.165) is 0 Å². The van der Waals surface area contributed by atoms with Crippen molar-refractivity contribution < 1.29 is 23.1 Å². The van der Waals surface area contributed by atoms with Crippen molar-refractivity contribution in [3.63, 3.8) is 0 Å². The van der Waals surface area contributed by atoms with E-state index in [9.17, 15) is 18.4 Å². The van der Waals surface area contributed by atoms with Gasteiger partial charge < -0.3 is 10.1 Å². The summed E-state index contributed by atoms with van der Waals surface area (Å²) in [5.41, 5.74) is 1.22. The second-order valence-corrected chi connectivity index (χ2v) is 5.70. The van der Waals surface area contributed by atoms with Gasteiger partial charge in [0.25, 0.3) is 0 Å². The van der Waals surface area contributed by atoms with Crippen molar-refractivity contribution in [2.24, 2.45) is 0 Å². The summed E-state index contributed by atoms with van der Waals surface area (Å²) in [4.78, 5) is 25.2. The highest BCUT2D eigenvalue weighted by Crippen LogP contribution is 2.21. The number of carbonyl (C=O) groups is 2. The summed E-state index contributed by atoms with van der Waals surface area (Å²) in [6.45, 7) is 0.435. The third-order valence-electron chi connectivity index (χ3n) is 3.82. The molecule has 0 aromatic heterocycles. The Kier molecular flexibility index (Phi) is 4.92. The predicted molar refractivity (Wildman–Crippen MR) is 87.1 cm³/mol. The molecule has 7 heteroatoms. The highest BCUT2D eigenvalue weighted by molar-refractivity contribution is 5.89. The van der Waals surface area contributed by atoms with Gasteiger partial charge in [-0.05, 0) is 42.0 Å². The van der Waals surface area contributed by atoms with Crippen molar-refractivity contribution >= 4 is 17.7 Å². The van der Waals surface area contributed by atoms with Gasteiger partial charge in [0.2, 0.25) is 5.91 Å². The van der Waals surface area contributed by atoms with Crippen LogP contribution in [0.5, 0.6) is 0 Å².